The van der Waals surface area contributed by atoms with Crippen LogP contribution in [0.25, 0.3) is 0 Å². The normalized spacial score (nSPS) is 16.3. The minimum Gasteiger partial charge on any atom is -0.365 e. The van der Waals surface area contributed by atoms with Crippen LogP contribution in [0.3, 0.4) is 0 Å². The Labute approximate surface area is 179 Å². The lowest BCUT2D eigenvalue weighted by molar-refractivity contribution is -0.140. The molecule has 3 amide bonds. The van der Waals surface area contributed by atoms with Crippen LogP contribution < -0.4 is 21.7 Å². The van der Waals surface area contributed by atoms with E-state index in [9.17, 15) is 27.2 Å². The number of alkyl halides is 3. The van der Waals surface area contributed by atoms with Gasteiger partial charge in [0, 0.05) is 12.1 Å². The molecule has 0 aliphatic carbocycles. The van der Waals surface area contributed by atoms with Gasteiger partial charge in [0.1, 0.15) is 10.7 Å². The molecule has 11 heteroatoms. The number of thiophene rings is 1. The number of nitrogens with one attached hydrogen (secondary N) is 1. The number of hydrogen-bond donors (Lipinski definition) is 3. The van der Waals surface area contributed by atoms with Gasteiger partial charge in [-0.15, -0.1) is 11.3 Å². The summed E-state index contributed by atoms with van der Waals surface area (Å²) in [6.07, 6.45) is -3.31. The Balaban J connectivity index is 1.95. The van der Waals surface area contributed by atoms with E-state index in [0.29, 0.717) is 30.0 Å². The molecule has 2 heterocycles. The van der Waals surface area contributed by atoms with E-state index in [1.165, 1.54) is 11.0 Å². The molecule has 3 rings (SSSR count). The number of nitrogens with two attached hydrogens (primary N) is 2. The van der Waals surface area contributed by atoms with Crippen LogP contribution in [-0.2, 0) is 6.18 Å². The molecule has 0 unspecified atom stereocenters. The summed E-state index contributed by atoms with van der Waals surface area (Å²) in [5.41, 5.74) is 9.86. The topological polar surface area (TPSA) is 101 Å². The fourth-order valence-corrected chi connectivity index (χ4v) is 4.16. The number of benzene rings is 1. The van der Waals surface area contributed by atoms with Crippen LogP contribution in [0.1, 0.15) is 38.5 Å². The van der Waals surface area contributed by atoms with Gasteiger partial charge in [0.05, 0.1) is 22.2 Å². The van der Waals surface area contributed by atoms with Gasteiger partial charge < -0.3 is 16.8 Å². The fourth-order valence-electron chi connectivity index (χ4n) is 3.30. The van der Waals surface area contributed by atoms with Crippen LogP contribution in [0.4, 0.5) is 28.0 Å². The second-order valence-corrected chi connectivity index (χ2v) is 7.89. The molecule has 2 aromatic rings. The number of primary amides is 2. The van der Waals surface area contributed by atoms with Crippen molar-refractivity contribution in [3.8, 4) is 11.8 Å². The van der Waals surface area contributed by atoms with E-state index in [1.54, 1.807) is 0 Å². The van der Waals surface area contributed by atoms with Gasteiger partial charge in [0.2, 0.25) is 0 Å². The van der Waals surface area contributed by atoms with Crippen molar-refractivity contribution in [3.63, 3.8) is 0 Å². The molecular formula is C20H18F4N4O2S. The molecule has 1 fully saturated rings. The number of halogens is 4. The minimum absolute atomic E-state index is 0.0179. The van der Waals surface area contributed by atoms with Gasteiger partial charge >= 0.3 is 12.2 Å². The van der Waals surface area contributed by atoms with E-state index >= 15 is 0 Å². The lowest BCUT2D eigenvalue weighted by Crippen LogP contribution is -2.51. The number of carbonyl (C=O) groups is 2. The first kappa shape index (κ1) is 22.6. The van der Waals surface area contributed by atoms with E-state index in [-0.39, 0.29) is 22.2 Å². The molecule has 1 aliphatic rings. The zero-order chi connectivity index (χ0) is 22.8. The van der Waals surface area contributed by atoms with Crippen LogP contribution in [-0.4, -0.2) is 31.1 Å². The minimum atomic E-state index is -4.80. The van der Waals surface area contributed by atoms with Crippen molar-refractivity contribution in [2.75, 3.05) is 18.0 Å². The summed E-state index contributed by atoms with van der Waals surface area (Å²) in [5, 5.41) is 3.16. The summed E-state index contributed by atoms with van der Waals surface area (Å²) in [5.74, 6) is 3.03. The number of hydrogen-bond acceptors (Lipinski definition) is 4. The summed E-state index contributed by atoms with van der Waals surface area (Å²) in [4.78, 5) is 25.7. The van der Waals surface area contributed by atoms with Gasteiger partial charge in [0.25, 0.3) is 5.91 Å². The molecule has 0 saturated carbocycles. The highest BCUT2D eigenvalue weighted by Crippen LogP contribution is 2.33. The van der Waals surface area contributed by atoms with Crippen LogP contribution in [0, 0.1) is 17.7 Å². The molecule has 1 atom stereocenters. The van der Waals surface area contributed by atoms with Gasteiger partial charge in [-0.2, -0.15) is 13.2 Å². The van der Waals surface area contributed by atoms with E-state index in [4.69, 9.17) is 11.5 Å². The highest BCUT2D eigenvalue weighted by molar-refractivity contribution is 7.15. The van der Waals surface area contributed by atoms with E-state index in [1.807, 2.05) is 0 Å². The van der Waals surface area contributed by atoms with Crippen LogP contribution >= 0.6 is 11.3 Å². The predicted octanol–water partition coefficient (Wildman–Crippen LogP) is 3.04. The Morgan fingerprint density at radius 3 is 2.48 bits per heavy atom. The van der Waals surface area contributed by atoms with Crippen LogP contribution in [0.2, 0.25) is 0 Å². The third-order valence-electron chi connectivity index (χ3n) is 4.67. The van der Waals surface area contributed by atoms with Crippen molar-refractivity contribution >= 4 is 29.0 Å². The van der Waals surface area contributed by atoms with E-state index in [2.05, 4.69) is 17.2 Å². The Bertz CT molecular complexity index is 1070. The number of anilines is 1. The van der Waals surface area contributed by atoms with Gasteiger partial charge in [-0.3, -0.25) is 9.69 Å². The molecular weight excluding hydrogens is 436 g/mol. The number of nitrogens with zero attached hydrogens (tertiary/aromatic N) is 1. The number of urea groups is 1. The summed E-state index contributed by atoms with van der Waals surface area (Å²) in [6.45, 7) is 1.29. The molecule has 5 N–H and O–H groups in total. The monoisotopic (exact) mass is 454 g/mol. The Morgan fingerprint density at radius 2 is 1.94 bits per heavy atom. The highest BCUT2D eigenvalue weighted by atomic mass is 32.1. The smallest absolute Gasteiger partial charge is 0.365 e. The fraction of sp³-hybridized carbons (Fsp3) is 0.300. The largest absolute Gasteiger partial charge is 0.419 e. The maximum absolute atomic E-state index is 13.7. The van der Waals surface area contributed by atoms with Crippen molar-refractivity contribution in [2.45, 2.75) is 25.1 Å². The first-order chi connectivity index (χ1) is 14.6. The summed E-state index contributed by atoms with van der Waals surface area (Å²) < 4.78 is 51.8. The first-order valence-corrected chi connectivity index (χ1v) is 10.0. The van der Waals surface area contributed by atoms with E-state index < -0.39 is 29.5 Å². The van der Waals surface area contributed by atoms with Gasteiger partial charge in [-0.1, -0.05) is 11.8 Å². The molecule has 0 bridgehead atoms. The van der Waals surface area contributed by atoms with Crippen molar-refractivity contribution in [1.82, 2.24) is 5.32 Å². The quantitative estimate of drug-likeness (QED) is 0.491. The van der Waals surface area contributed by atoms with Crippen LogP contribution in [0.5, 0.6) is 0 Å². The van der Waals surface area contributed by atoms with Crippen LogP contribution in [0.15, 0.2) is 24.3 Å². The number of piperidine rings is 1. The van der Waals surface area contributed by atoms with Crippen molar-refractivity contribution in [1.29, 1.82) is 0 Å². The molecule has 0 radical (unpaired) electrons. The lowest BCUT2D eigenvalue weighted by Gasteiger charge is -2.33. The third kappa shape index (κ3) is 5.15. The Morgan fingerprint density at radius 1 is 1.19 bits per heavy atom. The maximum Gasteiger partial charge on any atom is 0.419 e. The average molecular weight is 454 g/mol. The first-order valence-electron chi connectivity index (χ1n) is 9.19. The molecule has 1 saturated heterocycles. The predicted molar refractivity (Wildman–Crippen MR) is 108 cm³/mol. The van der Waals surface area contributed by atoms with Crippen molar-refractivity contribution < 1.29 is 27.2 Å². The second kappa shape index (κ2) is 8.95. The zero-order valence-electron chi connectivity index (χ0n) is 16.1. The average Bonchev–Trinajstić information content (AvgIpc) is 3.10. The SMILES string of the molecule is NC(=O)c1sc(C#Cc2ccc(C(F)(F)F)c(F)c2)cc1N(C(N)=O)[C@H]1CCCNC1. The summed E-state index contributed by atoms with van der Waals surface area (Å²) in [6, 6.07) is 2.78. The van der Waals surface area contributed by atoms with Gasteiger partial charge in [0.15, 0.2) is 0 Å². The molecule has 0 spiro atoms. The summed E-state index contributed by atoms with van der Waals surface area (Å²) in [7, 11) is 0. The molecule has 1 aliphatic heterocycles. The standard InChI is InChI=1S/C20H18F4N4O2S/c21-15-8-11(4-6-14(15)20(22,23)24)3-5-13-9-16(17(31-13)18(25)29)28(19(26)30)12-2-1-7-27-10-12/h4,6,8-9,12,27H,1-2,7,10H2,(H2,25,29)(H2,26,30)/t12-/m0/s1. The van der Waals surface area contributed by atoms with Crippen molar-refractivity contribution in [3.05, 3.63) is 51.0 Å². The number of rotatable bonds is 3. The Hall–Kier alpha value is -3.10. The van der Waals surface area contributed by atoms with Crippen molar-refractivity contribution in [2.24, 2.45) is 11.5 Å². The molecule has 6 nitrogen and oxygen atoms in total. The van der Waals surface area contributed by atoms with E-state index in [0.717, 1.165) is 30.4 Å². The maximum atomic E-state index is 13.7. The highest BCUT2D eigenvalue weighted by Gasteiger charge is 2.34. The summed E-state index contributed by atoms with van der Waals surface area (Å²) >= 11 is 0.916. The number of carbonyl (C=O) groups excluding carboxylic acids is 2. The number of amides is 3. The molecule has 164 valence electrons. The lowest BCUT2D eigenvalue weighted by atomic mass is 10.1. The molecule has 31 heavy (non-hydrogen) atoms. The third-order valence-corrected chi connectivity index (χ3v) is 5.73. The van der Waals surface area contributed by atoms with Gasteiger partial charge in [-0.05, 0) is 43.7 Å². The Kier molecular flexibility index (Phi) is 6.52. The zero-order valence-corrected chi connectivity index (χ0v) is 16.9. The molecule has 1 aromatic carbocycles. The molecule has 1 aromatic heterocycles. The second-order valence-electron chi connectivity index (χ2n) is 6.84. The van der Waals surface area contributed by atoms with Gasteiger partial charge in [-0.25, -0.2) is 9.18 Å².